The van der Waals surface area contributed by atoms with Crippen LogP contribution >= 0.6 is 11.6 Å². The first-order chi connectivity index (χ1) is 9.79. The van der Waals surface area contributed by atoms with Gasteiger partial charge in [0.2, 0.25) is 10.0 Å². The van der Waals surface area contributed by atoms with Gasteiger partial charge in [-0.25, -0.2) is 21.9 Å². The summed E-state index contributed by atoms with van der Waals surface area (Å²) in [5.74, 6) is -1.36. The molecule has 2 rings (SSSR count). The zero-order valence-corrected chi connectivity index (χ0v) is 12.2. The van der Waals surface area contributed by atoms with Crippen molar-refractivity contribution < 1.29 is 17.2 Å². The number of nitrogen functional groups attached to an aromatic ring is 1. The minimum absolute atomic E-state index is 0.0327. The zero-order valence-electron chi connectivity index (χ0n) is 10.6. The van der Waals surface area contributed by atoms with Crippen LogP contribution in [-0.2, 0) is 16.6 Å². The van der Waals surface area contributed by atoms with E-state index in [1.54, 1.807) is 0 Å². The Morgan fingerprint density at radius 3 is 2.52 bits per heavy atom. The van der Waals surface area contributed by atoms with Gasteiger partial charge in [0.25, 0.3) is 0 Å². The van der Waals surface area contributed by atoms with Crippen molar-refractivity contribution in [2.45, 2.75) is 11.4 Å². The largest absolute Gasteiger partial charge is 0.398 e. The maximum Gasteiger partial charge on any atom is 0.242 e. The normalized spacial score (nSPS) is 11.6. The van der Waals surface area contributed by atoms with Gasteiger partial charge in [0.15, 0.2) is 0 Å². The number of rotatable bonds is 4. The fourth-order valence-electron chi connectivity index (χ4n) is 1.69. The van der Waals surface area contributed by atoms with E-state index < -0.39 is 28.2 Å². The van der Waals surface area contributed by atoms with E-state index in [2.05, 4.69) is 4.72 Å². The highest BCUT2D eigenvalue weighted by atomic mass is 35.5. The first-order valence-corrected chi connectivity index (χ1v) is 7.64. The summed E-state index contributed by atoms with van der Waals surface area (Å²) in [6.45, 7) is -0.395. The molecule has 0 fully saturated rings. The second-order valence-corrected chi connectivity index (χ2v) is 6.41. The van der Waals surface area contributed by atoms with Crippen LogP contribution in [0.4, 0.5) is 14.5 Å². The summed E-state index contributed by atoms with van der Waals surface area (Å²) in [5, 5.41) is 0.294. The predicted molar refractivity (Wildman–Crippen MR) is 76.2 cm³/mol. The first-order valence-electron chi connectivity index (χ1n) is 5.78. The van der Waals surface area contributed by atoms with Gasteiger partial charge in [0.05, 0.1) is 5.69 Å². The Balaban J connectivity index is 2.24. The van der Waals surface area contributed by atoms with Crippen molar-refractivity contribution in [3.05, 3.63) is 58.6 Å². The Hall–Kier alpha value is -1.70. The summed E-state index contributed by atoms with van der Waals surface area (Å²) in [5.41, 5.74) is 5.45. The van der Waals surface area contributed by atoms with Gasteiger partial charge in [-0.3, -0.25) is 0 Å². The topological polar surface area (TPSA) is 72.2 Å². The Labute approximate surface area is 125 Å². The number of hydrogen-bond donors (Lipinski definition) is 2. The lowest BCUT2D eigenvalue weighted by atomic mass is 10.2. The van der Waals surface area contributed by atoms with Gasteiger partial charge in [-0.1, -0.05) is 11.6 Å². The maximum absolute atomic E-state index is 13.4. The lowest BCUT2D eigenvalue weighted by Crippen LogP contribution is -2.24. The summed E-state index contributed by atoms with van der Waals surface area (Å²) in [7, 11) is -3.96. The third-order valence-electron chi connectivity index (χ3n) is 2.72. The van der Waals surface area contributed by atoms with Crippen LogP contribution in [0.15, 0.2) is 41.3 Å². The standard InChI is InChI=1S/C13H11ClF2N2O2S/c14-9-1-4-13(12(17)6-9)21(19,20)18-7-8-5-10(15)2-3-11(8)16/h1-6,18H,7,17H2. The summed E-state index contributed by atoms with van der Waals surface area (Å²) in [4.78, 5) is -0.177. The Morgan fingerprint density at radius 2 is 1.86 bits per heavy atom. The van der Waals surface area contributed by atoms with Crippen LogP contribution in [0.2, 0.25) is 5.02 Å². The highest BCUT2D eigenvalue weighted by molar-refractivity contribution is 7.89. The summed E-state index contributed by atoms with van der Waals surface area (Å²) >= 11 is 5.69. The van der Waals surface area contributed by atoms with Gasteiger partial charge < -0.3 is 5.73 Å². The van der Waals surface area contributed by atoms with E-state index in [-0.39, 0.29) is 16.1 Å². The lowest BCUT2D eigenvalue weighted by molar-refractivity contribution is 0.567. The molecular weight excluding hydrogens is 322 g/mol. The van der Waals surface area contributed by atoms with Gasteiger partial charge in [0, 0.05) is 17.1 Å². The number of anilines is 1. The SMILES string of the molecule is Nc1cc(Cl)ccc1S(=O)(=O)NCc1cc(F)ccc1F. The molecule has 8 heteroatoms. The third kappa shape index (κ3) is 3.69. The van der Waals surface area contributed by atoms with Crippen molar-refractivity contribution in [1.29, 1.82) is 0 Å². The van der Waals surface area contributed by atoms with Gasteiger partial charge in [-0.05, 0) is 36.4 Å². The molecule has 0 bridgehead atoms. The van der Waals surface area contributed by atoms with Gasteiger partial charge in [-0.2, -0.15) is 0 Å². The smallest absolute Gasteiger partial charge is 0.242 e. The maximum atomic E-state index is 13.4. The fraction of sp³-hybridized carbons (Fsp3) is 0.0769. The molecule has 0 aliphatic heterocycles. The average Bonchev–Trinajstić information content (AvgIpc) is 2.39. The lowest BCUT2D eigenvalue weighted by Gasteiger charge is -2.10. The van der Waals surface area contributed by atoms with Crippen LogP contribution in [-0.4, -0.2) is 8.42 Å². The third-order valence-corrected chi connectivity index (χ3v) is 4.43. The van der Waals surface area contributed by atoms with E-state index >= 15 is 0 Å². The van der Waals surface area contributed by atoms with E-state index in [1.165, 1.54) is 18.2 Å². The van der Waals surface area contributed by atoms with Crippen molar-refractivity contribution in [3.8, 4) is 0 Å². The van der Waals surface area contributed by atoms with Crippen molar-refractivity contribution >= 4 is 27.3 Å². The molecule has 0 amide bonds. The first kappa shape index (κ1) is 15.7. The number of benzene rings is 2. The number of halogens is 3. The molecule has 21 heavy (non-hydrogen) atoms. The molecular formula is C13H11ClF2N2O2S. The van der Waals surface area contributed by atoms with Gasteiger partial charge in [0.1, 0.15) is 16.5 Å². The van der Waals surface area contributed by atoms with Crippen LogP contribution in [0.1, 0.15) is 5.56 Å². The van der Waals surface area contributed by atoms with E-state index in [0.717, 1.165) is 18.2 Å². The Bertz CT molecular complexity index is 782. The van der Waals surface area contributed by atoms with Gasteiger partial charge >= 0.3 is 0 Å². The molecule has 4 nitrogen and oxygen atoms in total. The van der Waals surface area contributed by atoms with Crippen molar-refractivity contribution in [2.75, 3.05) is 5.73 Å². The van der Waals surface area contributed by atoms with Crippen LogP contribution < -0.4 is 10.5 Å². The van der Waals surface area contributed by atoms with Crippen molar-refractivity contribution in [2.24, 2.45) is 0 Å². The monoisotopic (exact) mass is 332 g/mol. The zero-order chi connectivity index (χ0) is 15.6. The molecule has 0 spiro atoms. The Morgan fingerprint density at radius 1 is 1.14 bits per heavy atom. The minimum Gasteiger partial charge on any atom is -0.398 e. The molecule has 0 aliphatic rings. The highest BCUT2D eigenvalue weighted by Crippen LogP contribution is 2.22. The molecule has 0 heterocycles. The second kappa shape index (κ2) is 5.97. The van der Waals surface area contributed by atoms with Crippen LogP contribution in [0.3, 0.4) is 0 Å². The summed E-state index contributed by atoms with van der Waals surface area (Å²) < 4.78 is 52.8. The molecule has 2 aromatic carbocycles. The predicted octanol–water partition coefficient (Wildman–Crippen LogP) is 2.68. The fourth-order valence-corrected chi connectivity index (χ4v) is 2.99. The molecule has 0 saturated carbocycles. The molecule has 0 radical (unpaired) electrons. The highest BCUT2D eigenvalue weighted by Gasteiger charge is 2.18. The van der Waals surface area contributed by atoms with Crippen LogP contribution in [0, 0.1) is 11.6 Å². The van der Waals surface area contributed by atoms with Crippen molar-refractivity contribution in [1.82, 2.24) is 4.72 Å². The number of hydrogen-bond acceptors (Lipinski definition) is 3. The van der Waals surface area contributed by atoms with Crippen LogP contribution in [0.5, 0.6) is 0 Å². The van der Waals surface area contributed by atoms with E-state index in [4.69, 9.17) is 17.3 Å². The number of sulfonamides is 1. The molecule has 0 saturated heterocycles. The molecule has 0 aliphatic carbocycles. The van der Waals surface area contributed by atoms with E-state index in [0.29, 0.717) is 5.02 Å². The molecule has 0 atom stereocenters. The number of nitrogens with one attached hydrogen (secondary N) is 1. The number of nitrogens with two attached hydrogens (primary N) is 1. The Kier molecular flexibility index (Phi) is 4.46. The summed E-state index contributed by atoms with van der Waals surface area (Å²) in [6.07, 6.45) is 0. The molecule has 2 aromatic rings. The van der Waals surface area contributed by atoms with Crippen molar-refractivity contribution in [3.63, 3.8) is 0 Å². The average molecular weight is 333 g/mol. The molecule has 0 unspecified atom stereocenters. The van der Waals surface area contributed by atoms with E-state index in [9.17, 15) is 17.2 Å². The van der Waals surface area contributed by atoms with Crippen LogP contribution in [0.25, 0.3) is 0 Å². The molecule has 3 N–H and O–H groups in total. The summed E-state index contributed by atoms with van der Waals surface area (Å²) in [6, 6.07) is 6.69. The minimum atomic E-state index is -3.96. The quantitative estimate of drug-likeness (QED) is 0.845. The second-order valence-electron chi connectivity index (χ2n) is 4.24. The van der Waals surface area contributed by atoms with Gasteiger partial charge in [-0.15, -0.1) is 0 Å². The molecule has 0 aromatic heterocycles. The molecule has 112 valence electrons. The van der Waals surface area contributed by atoms with E-state index in [1.807, 2.05) is 0 Å².